The van der Waals surface area contributed by atoms with E-state index in [1.807, 2.05) is 6.56 Å². The summed E-state index contributed by atoms with van der Waals surface area (Å²) in [4.78, 5) is 0. The molecule has 0 aromatic rings. The fraction of sp³-hybridized carbons (Fsp3) is 0.333. The van der Waals surface area contributed by atoms with Crippen LogP contribution < -0.4 is 0 Å². The predicted molar refractivity (Wildman–Crippen MR) is 67.6 cm³/mol. The van der Waals surface area contributed by atoms with E-state index in [0.717, 1.165) is 0 Å². The van der Waals surface area contributed by atoms with Crippen molar-refractivity contribution in [1.82, 2.24) is 0 Å². The minimum atomic E-state index is -1.29. The summed E-state index contributed by atoms with van der Waals surface area (Å²) in [5.41, 5.74) is 0. The molecule has 0 nitrogen and oxygen atoms in total. The maximum atomic E-state index is 2.55. The number of halogens is 2. The Balaban J connectivity index is 0.00000112. The van der Waals surface area contributed by atoms with Gasteiger partial charge in [0.15, 0.2) is 0 Å². The molecule has 0 aromatic carbocycles. The Morgan fingerprint density at radius 1 is 0.938 bits per heavy atom. The molecular weight excluding hydrogens is 301 g/mol. The van der Waals surface area contributed by atoms with Crippen LogP contribution in [0, 0.1) is 0 Å². The summed E-state index contributed by atoms with van der Waals surface area (Å²) in [6, 6.07) is 0. The van der Waals surface area contributed by atoms with E-state index in [-0.39, 0.29) is 9.41 Å². The second-order valence-corrected chi connectivity index (χ2v) is 23.6. The molecule has 0 aromatic heterocycles. The molecule has 4 heteroatoms. The standard InChI is InChI=1S/2C5H5.C2H7Si.2FH.Zr/c2*1-2-4-5-3-1;1-3-2;;;/h2*1-3H,4H2;3H,1-2H3;2*1H;. The molecule has 0 amide bonds. The molecule has 0 radical (unpaired) electrons. The van der Waals surface area contributed by atoms with Crippen molar-refractivity contribution in [3.63, 3.8) is 0 Å². The first kappa shape index (κ1) is 15.9. The van der Waals surface area contributed by atoms with Crippen molar-refractivity contribution in [3.8, 4) is 0 Å². The zero-order chi connectivity index (χ0) is 9.97. The average Bonchev–Trinajstić information content (AvgIpc) is 2.75. The Hall–Kier alpha value is -0.0800. The van der Waals surface area contributed by atoms with Gasteiger partial charge in [-0.1, -0.05) is 0 Å². The van der Waals surface area contributed by atoms with Crippen LogP contribution in [0.4, 0.5) is 9.41 Å². The largest absolute Gasteiger partial charge is 0.269 e. The quantitative estimate of drug-likeness (QED) is 0.697. The van der Waals surface area contributed by atoms with Gasteiger partial charge >= 0.3 is 95.8 Å². The van der Waals surface area contributed by atoms with Gasteiger partial charge < -0.3 is 0 Å². The first-order chi connectivity index (χ1) is 6.79. The third kappa shape index (κ3) is 3.46. The van der Waals surface area contributed by atoms with Crippen LogP contribution in [0.3, 0.4) is 0 Å². The van der Waals surface area contributed by atoms with Gasteiger partial charge in [-0.15, -0.1) is 0 Å². The van der Waals surface area contributed by atoms with E-state index < -0.39 is 26.8 Å². The van der Waals surface area contributed by atoms with Crippen LogP contribution in [0.1, 0.15) is 12.8 Å². The van der Waals surface area contributed by atoms with Crippen molar-refractivity contribution >= 4 is 5.92 Å². The minimum Gasteiger partial charge on any atom is -0.269 e. The zero-order valence-electron chi connectivity index (χ0n) is 9.77. The number of hydrogen-bond acceptors (Lipinski definition) is 0. The third-order valence-electron chi connectivity index (χ3n) is 2.81. The van der Waals surface area contributed by atoms with E-state index in [1.54, 1.807) is 0 Å². The second kappa shape index (κ2) is 7.29. The van der Waals surface area contributed by atoms with Crippen LogP contribution in [-0.2, 0) is 20.9 Å². The summed E-state index contributed by atoms with van der Waals surface area (Å²) in [7, 11) is 0. The summed E-state index contributed by atoms with van der Waals surface area (Å²) in [6.07, 6.45) is 16.6. The second-order valence-electron chi connectivity index (χ2n) is 4.22. The van der Waals surface area contributed by atoms with Crippen molar-refractivity contribution in [2.75, 3.05) is 0 Å². The molecule has 0 N–H and O–H groups in total. The van der Waals surface area contributed by atoms with Crippen LogP contribution in [0.25, 0.3) is 0 Å². The average molecular weight is 321 g/mol. The predicted octanol–water partition coefficient (Wildman–Crippen LogP) is 3.58. The van der Waals surface area contributed by atoms with Gasteiger partial charge in [0.2, 0.25) is 0 Å². The van der Waals surface area contributed by atoms with E-state index in [0.29, 0.717) is 0 Å². The number of rotatable bonds is 3. The Morgan fingerprint density at radius 2 is 1.38 bits per heavy atom. The van der Waals surface area contributed by atoms with Gasteiger partial charge in [-0.25, -0.2) is 0 Å². The summed E-state index contributed by atoms with van der Waals surface area (Å²) in [6.45, 7) is 5.10. The van der Waals surface area contributed by atoms with E-state index in [1.165, 1.54) is 12.8 Å². The monoisotopic (exact) mass is 319 g/mol. The van der Waals surface area contributed by atoms with E-state index in [4.69, 9.17) is 0 Å². The van der Waals surface area contributed by atoms with E-state index >= 15 is 0 Å². The van der Waals surface area contributed by atoms with Gasteiger partial charge in [-0.2, -0.15) is 0 Å². The fourth-order valence-corrected chi connectivity index (χ4v) is 21.2. The molecule has 0 atom stereocenters. The normalized spacial score (nSPS) is 16.7. The van der Waals surface area contributed by atoms with E-state index in [2.05, 4.69) is 49.6 Å². The number of allylic oxidation sites excluding steroid dienone is 8. The van der Waals surface area contributed by atoms with Gasteiger partial charge in [-0.05, 0) is 0 Å². The first-order valence-electron chi connectivity index (χ1n) is 5.38. The Labute approximate surface area is 105 Å². The molecule has 2 aliphatic rings. The minimum absolute atomic E-state index is 0. The maximum absolute atomic E-state index is 2.55. The van der Waals surface area contributed by atoms with Gasteiger partial charge in [-0.3, -0.25) is 9.41 Å². The molecule has 0 bridgehead atoms. The van der Waals surface area contributed by atoms with E-state index in [9.17, 15) is 0 Å². The fourth-order valence-electron chi connectivity index (χ4n) is 2.24. The van der Waals surface area contributed by atoms with Gasteiger partial charge in [0.1, 0.15) is 0 Å². The van der Waals surface area contributed by atoms with Crippen molar-refractivity contribution in [2.24, 2.45) is 0 Å². The Morgan fingerprint density at radius 3 is 1.62 bits per heavy atom. The van der Waals surface area contributed by atoms with Crippen LogP contribution in [0.2, 0.25) is 13.1 Å². The maximum Gasteiger partial charge on any atom is -0.269 e. The number of hydrogen-bond donors (Lipinski definition) is 0. The summed E-state index contributed by atoms with van der Waals surface area (Å²) in [5, 5.41) is 0. The van der Waals surface area contributed by atoms with Crippen molar-refractivity contribution in [3.05, 3.63) is 43.0 Å². The third-order valence-corrected chi connectivity index (χ3v) is 22.1. The molecular formula is C12H19F2SiZr. The molecule has 89 valence electrons. The van der Waals surface area contributed by atoms with Crippen LogP contribution >= 0.6 is 0 Å². The summed E-state index contributed by atoms with van der Waals surface area (Å²) >= 11 is -1.29. The van der Waals surface area contributed by atoms with Crippen LogP contribution in [0.5, 0.6) is 0 Å². The molecule has 0 heterocycles. The topological polar surface area (TPSA) is 0 Å². The molecule has 2 aliphatic carbocycles. The van der Waals surface area contributed by atoms with Crippen LogP contribution in [0.15, 0.2) is 43.0 Å². The van der Waals surface area contributed by atoms with Crippen LogP contribution in [-0.4, -0.2) is 5.92 Å². The first-order valence-corrected chi connectivity index (χ1v) is 15.0. The van der Waals surface area contributed by atoms with Gasteiger partial charge in [0.25, 0.3) is 0 Å². The van der Waals surface area contributed by atoms with Crippen molar-refractivity contribution in [2.45, 2.75) is 25.9 Å². The molecule has 0 unspecified atom stereocenters. The molecule has 0 fully saturated rings. The molecule has 0 spiro atoms. The summed E-state index contributed by atoms with van der Waals surface area (Å²) < 4.78 is 3.70. The van der Waals surface area contributed by atoms with Gasteiger partial charge in [0.05, 0.1) is 0 Å². The smallest absolute Gasteiger partial charge is 0.269 e. The zero-order valence-corrected chi connectivity index (χ0v) is 13.4. The molecule has 2 rings (SSSR count). The molecule has 16 heavy (non-hydrogen) atoms. The van der Waals surface area contributed by atoms with Crippen molar-refractivity contribution in [1.29, 1.82) is 0 Å². The molecule has 0 saturated heterocycles. The Bertz CT molecular complexity index is 313. The van der Waals surface area contributed by atoms with Gasteiger partial charge in [0, 0.05) is 0 Å². The summed E-state index contributed by atoms with van der Waals surface area (Å²) in [5.74, 6) is -0.412. The molecule has 0 aliphatic heterocycles. The SMILES string of the molecule is C[SiH](C)[Zr]([C]1=CC=CC1)[C]1=CC=CC1.F.F. The molecule has 0 saturated carbocycles. The Kier molecular flexibility index (Phi) is 7.25. The van der Waals surface area contributed by atoms with Crippen molar-refractivity contribution < 1.29 is 30.3 Å².